The third-order valence-corrected chi connectivity index (χ3v) is 4.22. The van der Waals surface area contributed by atoms with Crippen molar-refractivity contribution in [3.8, 4) is 0 Å². The summed E-state index contributed by atoms with van der Waals surface area (Å²) in [5.41, 5.74) is 0. The topological polar surface area (TPSA) is 41.6 Å². The lowest BCUT2D eigenvalue weighted by atomic mass is 9.88. The summed E-state index contributed by atoms with van der Waals surface area (Å²) in [6.45, 7) is 4.79. The Bertz CT molecular complexity index is 262. The lowest BCUT2D eigenvalue weighted by Crippen LogP contribution is -2.46. The van der Waals surface area contributed by atoms with E-state index in [-0.39, 0.29) is 24.4 Å². The van der Waals surface area contributed by atoms with Crippen molar-refractivity contribution < 1.29 is 9.53 Å². The average molecular weight is 277 g/mol. The minimum Gasteiger partial charge on any atom is -0.372 e. The molecule has 0 aromatic heterocycles. The molecule has 0 aromatic rings. The van der Waals surface area contributed by atoms with Crippen LogP contribution in [0.2, 0.25) is 0 Å². The number of rotatable bonds is 3. The predicted octanol–water partition coefficient (Wildman–Crippen LogP) is 1.43. The number of carbonyl (C=O) groups is 1. The van der Waals surface area contributed by atoms with Gasteiger partial charge in [-0.2, -0.15) is 0 Å². The Hall–Kier alpha value is -0.320. The van der Waals surface area contributed by atoms with Gasteiger partial charge < -0.3 is 15.0 Å². The lowest BCUT2D eigenvalue weighted by Gasteiger charge is -2.35. The van der Waals surface area contributed by atoms with Gasteiger partial charge in [-0.25, -0.2) is 0 Å². The van der Waals surface area contributed by atoms with E-state index in [2.05, 4.69) is 5.32 Å². The highest BCUT2D eigenvalue weighted by Gasteiger charge is 2.31. The number of halogens is 1. The summed E-state index contributed by atoms with van der Waals surface area (Å²) < 4.78 is 5.09. The first-order chi connectivity index (χ1) is 8.22. The van der Waals surface area contributed by atoms with Crippen LogP contribution in [-0.4, -0.2) is 49.7 Å². The number of hydrogen-bond donors (Lipinski definition) is 1. The molecule has 0 saturated carbocycles. The highest BCUT2D eigenvalue weighted by atomic mass is 35.5. The number of methoxy groups -OCH3 is 1. The van der Waals surface area contributed by atoms with E-state index in [1.807, 2.05) is 11.8 Å². The highest BCUT2D eigenvalue weighted by molar-refractivity contribution is 5.85. The normalized spacial score (nSPS) is 26.8. The molecule has 2 aliphatic heterocycles. The van der Waals surface area contributed by atoms with E-state index < -0.39 is 0 Å². The summed E-state index contributed by atoms with van der Waals surface area (Å²) in [5.74, 6) is 0.907. The molecule has 4 nitrogen and oxygen atoms in total. The zero-order valence-corrected chi connectivity index (χ0v) is 12.2. The second kappa shape index (κ2) is 7.31. The van der Waals surface area contributed by atoms with Crippen LogP contribution >= 0.6 is 12.4 Å². The van der Waals surface area contributed by atoms with Gasteiger partial charge in [-0.3, -0.25) is 4.79 Å². The van der Waals surface area contributed by atoms with Crippen LogP contribution in [0.25, 0.3) is 0 Å². The van der Waals surface area contributed by atoms with Crippen LogP contribution in [0.5, 0.6) is 0 Å². The molecule has 0 spiro atoms. The number of hydrogen-bond acceptors (Lipinski definition) is 3. The van der Waals surface area contributed by atoms with Crippen molar-refractivity contribution in [1.29, 1.82) is 0 Å². The van der Waals surface area contributed by atoms with Gasteiger partial charge in [0.05, 0.1) is 0 Å². The second-order valence-corrected chi connectivity index (χ2v) is 5.24. The molecule has 2 atom stereocenters. The van der Waals surface area contributed by atoms with Gasteiger partial charge in [-0.1, -0.05) is 0 Å². The first-order valence-corrected chi connectivity index (χ1v) is 6.77. The monoisotopic (exact) mass is 276 g/mol. The largest absolute Gasteiger partial charge is 0.372 e. The van der Waals surface area contributed by atoms with Crippen molar-refractivity contribution in [1.82, 2.24) is 10.2 Å². The van der Waals surface area contributed by atoms with Crippen LogP contribution in [0.4, 0.5) is 0 Å². The Morgan fingerprint density at radius 2 is 2.00 bits per heavy atom. The quantitative estimate of drug-likeness (QED) is 0.848. The molecule has 2 aliphatic rings. The van der Waals surface area contributed by atoms with Gasteiger partial charge in [-0.15, -0.1) is 12.4 Å². The Labute approximate surface area is 116 Å². The van der Waals surface area contributed by atoms with Crippen LogP contribution in [0.1, 0.15) is 32.6 Å². The molecule has 1 N–H and O–H groups in total. The zero-order chi connectivity index (χ0) is 12.3. The second-order valence-electron chi connectivity index (χ2n) is 5.24. The number of piperidine rings is 1. The van der Waals surface area contributed by atoms with E-state index in [1.54, 1.807) is 7.11 Å². The molecule has 106 valence electrons. The van der Waals surface area contributed by atoms with Crippen molar-refractivity contribution in [3.63, 3.8) is 0 Å². The summed E-state index contributed by atoms with van der Waals surface area (Å²) in [7, 11) is 1.60. The fourth-order valence-corrected chi connectivity index (χ4v) is 2.99. The van der Waals surface area contributed by atoms with Crippen molar-refractivity contribution in [2.24, 2.45) is 5.92 Å². The summed E-state index contributed by atoms with van der Waals surface area (Å²) in [6.07, 6.45) is 4.60. The lowest BCUT2D eigenvalue weighted by molar-refractivity contribution is -0.142. The minimum absolute atomic E-state index is 0. The van der Waals surface area contributed by atoms with Gasteiger partial charge in [0.2, 0.25) is 0 Å². The van der Waals surface area contributed by atoms with E-state index in [0.717, 1.165) is 31.8 Å². The standard InChI is InChI=1S/C13H24N2O2.ClH/c1-10(17-2)13(16)15-8-5-11(6-9-15)12-4-3-7-14-12;/h10-12,14H,3-9H2,1-2H3;1H. The Kier molecular flexibility index (Phi) is 6.39. The molecule has 0 bridgehead atoms. The van der Waals surface area contributed by atoms with Gasteiger partial charge in [0.1, 0.15) is 6.10 Å². The molecule has 2 rings (SSSR count). The number of nitrogens with zero attached hydrogens (tertiary/aromatic N) is 1. The summed E-state index contributed by atoms with van der Waals surface area (Å²) in [4.78, 5) is 13.9. The van der Waals surface area contributed by atoms with Gasteiger partial charge in [-0.05, 0) is 45.1 Å². The van der Waals surface area contributed by atoms with Crippen LogP contribution in [-0.2, 0) is 9.53 Å². The molecule has 18 heavy (non-hydrogen) atoms. The van der Waals surface area contributed by atoms with Crippen LogP contribution in [0.3, 0.4) is 0 Å². The molecule has 2 saturated heterocycles. The summed E-state index contributed by atoms with van der Waals surface area (Å²) in [5, 5.41) is 3.58. The zero-order valence-electron chi connectivity index (χ0n) is 11.4. The molecule has 2 fully saturated rings. The molecule has 0 aliphatic carbocycles. The summed E-state index contributed by atoms with van der Waals surface area (Å²) >= 11 is 0. The third kappa shape index (κ3) is 3.59. The fraction of sp³-hybridized carbons (Fsp3) is 0.923. The first-order valence-electron chi connectivity index (χ1n) is 6.77. The number of amides is 1. The SMILES string of the molecule is COC(C)C(=O)N1CCC(C2CCCN2)CC1.Cl. The molecule has 0 radical (unpaired) electrons. The molecule has 2 heterocycles. The number of likely N-dealkylation sites (tertiary alicyclic amines) is 1. The maximum atomic E-state index is 11.9. The molecule has 2 unspecified atom stereocenters. The summed E-state index contributed by atoms with van der Waals surface area (Å²) in [6, 6.07) is 0.701. The van der Waals surface area contributed by atoms with Gasteiger partial charge in [0, 0.05) is 26.2 Å². The average Bonchev–Trinajstić information content (AvgIpc) is 2.91. The number of ether oxygens (including phenoxy) is 1. The van der Waals surface area contributed by atoms with Crippen LogP contribution in [0, 0.1) is 5.92 Å². The highest BCUT2D eigenvalue weighted by Crippen LogP contribution is 2.25. The van der Waals surface area contributed by atoms with Gasteiger partial charge in [0.25, 0.3) is 5.91 Å². The van der Waals surface area contributed by atoms with Crippen molar-refractivity contribution in [3.05, 3.63) is 0 Å². The van der Waals surface area contributed by atoms with E-state index in [0.29, 0.717) is 6.04 Å². The smallest absolute Gasteiger partial charge is 0.251 e. The van der Waals surface area contributed by atoms with E-state index in [4.69, 9.17) is 4.74 Å². The van der Waals surface area contributed by atoms with Crippen LogP contribution < -0.4 is 5.32 Å². The van der Waals surface area contributed by atoms with Crippen LogP contribution in [0.15, 0.2) is 0 Å². The minimum atomic E-state index is -0.295. The first kappa shape index (κ1) is 15.7. The number of nitrogens with one attached hydrogen (secondary N) is 1. The van der Waals surface area contributed by atoms with Gasteiger partial charge >= 0.3 is 0 Å². The van der Waals surface area contributed by atoms with E-state index >= 15 is 0 Å². The fourth-order valence-electron chi connectivity index (χ4n) is 2.99. The van der Waals surface area contributed by atoms with E-state index in [9.17, 15) is 4.79 Å². The van der Waals surface area contributed by atoms with E-state index in [1.165, 1.54) is 19.4 Å². The third-order valence-electron chi connectivity index (χ3n) is 4.22. The molecule has 1 amide bonds. The Morgan fingerprint density at radius 1 is 1.33 bits per heavy atom. The van der Waals surface area contributed by atoms with Crippen molar-refractivity contribution in [2.45, 2.75) is 44.8 Å². The molecule has 0 aromatic carbocycles. The molecular weight excluding hydrogens is 252 g/mol. The maximum absolute atomic E-state index is 11.9. The maximum Gasteiger partial charge on any atom is 0.251 e. The van der Waals surface area contributed by atoms with Crippen molar-refractivity contribution >= 4 is 18.3 Å². The van der Waals surface area contributed by atoms with Crippen molar-refractivity contribution in [2.75, 3.05) is 26.7 Å². The number of carbonyl (C=O) groups excluding carboxylic acids is 1. The predicted molar refractivity (Wildman–Crippen MR) is 74.0 cm³/mol. The van der Waals surface area contributed by atoms with Gasteiger partial charge in [0.15, 0.2) is 0 Å². The molecule has 5 heteroatoms. The Morgan fingerprint density at radius 3 is 2.50 bits per heavy atom. The Balaban J connectivity index is 0.00000162. The molecular formula is C13H25ClN2O2.